The first-order chi connectivity index (χ1) is 12.6. The Balaban J connectivity index is 1.78. The van der Waals surface area contributed by atoms with Crippen molar-refractivity contribution in [2.75, 3.05) is 26.0 Å². The molecule has 1 aromatic heterocycles. The van der Waals surface area contributed by atoms with Crippen molar-refractivity contribution < 1.29 is 26.3 Å². The maximum absolute atomic E-state index is 12.6. The highest BCUT2D eigenvalue weighted by molar-refractivity contribution is 7.88. The van der Waals surface area contributed by atoms with E-state index < -0.39 is 22.6 Å². The molecular formula is C17H20F3N3O3S. The first-order valence-corrected chi connectivity index (χ1v) is 10.2. The summed E-state index contributed by atoms with van der Waals surface area (Å²) in [7, 11) is -3.30. The summed E-state index contributed by atoms with van der Waals surface area (Å²) in [5, 5.41) is 0. The van der Waals surface area contributed by atoms with E-state index in [1.807, 2.05) is 0 Å². The molecule has 1 fully saturated rings. The SMILES string of the molecule is CS(=O)(=O)N1CCOC(Cn2ccnc2-c2cccc(CC(F)(F)F)c2)C1. The second kappa shape index (κ2) is 7.61. The van der Waals surface area contributed by atoms with Crippen LogP contribution in [0.4, 0.5) is 13.2 Å². The van der Waals surface area contributed by atoms with E-state index in [1.54, 1.807) is 29.1 Å². The Bertz CT molecular complexity index is 896. The van der Waals surface area contributed by atoms with Gasteiger partial charge in [-0.3, -0.25) is 0 Å². The Kier molecular flexibility index (Phi) is 5.59. The normalized spacial score (nSPS) is 19.3. The summed E-state index contributed by atoms with van der Waals surface area (Å²) >= 11 is 0. The van der Waals surface area contributed by atoms with Crippen molar-refractivity contribution in [2.45, 2.75) is 25.2 Å². The number of hydrogen-bond donors (Lipinski definition) is 0. The Labute approximate surface area is 155 Å². The van der Waals surface area contributed by atoms with Gasteiger partial charge in [-0.25, -0.2) is 13.4 Å². The summed E-state index contributed by atoms with van der Waals surface area (Å²) in [6.07, 6.45) is -1.23. The van der Waals surface area contributed by atoms with E-state index in [4.69, 9.17) is 4.74 Å². The smallest absolute Gasteiger partial charge is 0.374 e. The molecular weight excluding hydrogens is 383 g/mol. The molecule has 0 N–H and O–H groups in total. The van der Waals surface area contributed by atoms with Gasteiger partial charge in [0.2, 0.25) is 10.0 Å². The summed E-state index contributed by atoms with van der Waals surface area (Å²) in [4.78, 5) is 4.25. The van der Waals surface area contributed by atoms with E-state index in [1.165, 1.54) is 16.4 Å². The van der Waals surface area contributed by atoms with E-state index in [9.17, 15) is 21.6 Å². The van der Waals surface area contributed by atoms with Crippen molar-refractivity contribution >= 4 is 10.0 Å². The number of ether oxygens (including phenoxy) is 1. The zero-order chi connectivity index (χ0) is 19.7. The van der Waals surface area contributed by atoms with Crippen LogP contribution in [0.3, 0.4) is 0 Å². The van der Waals surface area contributed by atoms with Gasteiger partial charge >= 0.3 is 6.18 Å². The molecule has 0 saturated carbocycles. The number of sulfonamides is 1. The highest BCUT2D eigenvalue weighted by Crippen LogP contribution is 2.25. The third-order valence-electron chi connectivity index (χ3n) is 4.28. The van der Waals surface area contributed by atoms with Crippen molar-refractivity contribution in [1.82, 2.24) is 13.9 Å². The van der Waals surface area contributed by atoms with Crippen molar-refractivity contribution in [2.24, 2.45) is 0 Å². The topological polar surface area (TPSA) is 64.4 Å². The van der Waals surface area contributed by atoms with Gasteiger partial charge in [0, 0.05) is 31.0 Å². The molecule has 1 aliphatic heterocycles. The van der Waals surface area contributed by atoms with Gasteiger partial charge in [0.15, 0.2) is 0 Å². The van der Waals surface area contributed by atoms with Gasteiger partial charge in [0.05, 0.1) is 31.9 Å². The van der Waals surface area contributed by atoms with E-state index in [2.05, 4.69) is 4.98 Å². The number of imidazole rings is 1. The number of alkyl halides is 3. The summed E-state index contributed by atoms with van der Waals surface area (Å²) in [6, 6.07) is 6.16. The van der Waals surface area contributed by atoms with Gasteiger partial charge in [-0.05, 0) is 11.6 Å². The van der Waals surface area contributed by atoms with Gasteiger partial charge in [-0.15, -0.1) is 0 Å². The first-order valence-electron chi connectivity index (χ1n) is 8.36. The summed E-state index contributed by atoms with van der Waals surface area (Å²) in [5.74, 6) is 0.513. The van der Waals surface area contributed by atoms with Crippen molar-refractivity contribution in [3.05, 3.63) is 42.2 Å². The van der Waals surface area contributed by atoms with Crippen LogP contribution in [0.5, 0.6) is 0 Å². The molecule has 0 aliphatic carbocycles. The highest BCUT2D eigenvalue weighted by Gasteiger charge is 2.29. The second-order valence-electron chi connectivity index (χ2n) is 6.51. The Morgan fingerprint density at radius 1 is 1.33 bits per heavy atom. The molecule has 148 valence electrons. The van der Waals surface area contributed by atoms with Crippen LogP contribution in [-0.2, 0) is 27.7 Å². The molecule has 0 bridgehead atoms. The Morgan fingerprint density at radius 2 is 2.11 bits per heavy atom. The molecule has 1 atom stereocenters. The molecule has 0 spiro atoms. The number of morpholine rings is 1. The number of aromatic nitrogens is 2. The quantitative estimate of drug-likeness (QED) is 0.769. The molecule has 10 heteroatoms. The largest absolute Gasteiger partial charge is 0.393 e. The van der Waals surface area contributed by atoms with Gasteiger partial charge in [0.25, 0.3) is 0 Å². The number of nitrogens with zero attached hydrogens (tertiary/aromatic N) is 3. The third-order valence-corrected chi connectivity index (χ3v) is 5.55. The maximum Gasteiger partial charge on any atom is 0.393 e. The fourth-order valence-corrected chi connectivity index (χ4v) is 3.94. The second-order valence-corrected chi connectivity index (χ2v) is 8.49. The number of rotatable bonds is 5. The predicted molar refractivity (Wildman–Crippen MR) is 93.6 cm³/mol. The Hall–Kier alpha value is -1.91. The van der Waals surface area contributed by atoms with Crippen LogP contribution in [0.1, 0.15) is 5.56 Å². The average molecular weight is 403 g/mol. The zero-order valence-electron chi connectivity index (χ0n) is 14.7. The lowest BCUT2D eigenvalue weighted by Gasteiger charge is -2.31. The van der Waals surface area contributed by atoms with Crippen LogP contribution in [0.2, 0.25) is 0 Å². The molecule has 0 amide bonds. The van der Waals surface area contributed by atoms with Crippen molar-refractivity contribution in [3.63, 3.8) is 0 Å². The minimum atomic E-state index is -4.28. The van der Waals surface area contributed by atoms with Crippen molar-refractivity contribution in [3.8, 4) is 11.4 Å². The predicted octanol–water partition coefficient (Wildman–Crippen LogP) is 2.32. The standard InChI is InChI=1S/C17H20F3N3O3S/c1-27(24,25)23-7-8-26-15(12-23)11-22-6-5-21-16(22)14-4-2-3-13(9-14)10-17(18,19)20/h2-6,9,15H,7-8,10-12H2,1H3. The monoisotopic (exact) mass is 403 g/mol. The van der Waals surface area contributed by atoms with Crippen LogP contribution < -0.4 is 0 Å². The third kappa shape index (κ3) is 5.30. The summed E-state index contributed by atoms with van der Waals surface area (Å²) in [5.41, 5.74) is 0.726. The maximum atomic E-state index is 12.6. The lowest BCUT2D eigenvalue weighted by molar-refractivity contribution is -0.127. The number of halogens is 3. The molecule has 2 heterocycles. The molecule has 3 rings (SSSR count). The number of benzene rings is 1. The van der Waals surface area contributed by atoms with Crippen LogP contribution in [0.15, 0.2) is 36.7 Å². The fourth-order valence-electron chi connectivity index (χ4n) is 3.09. The average Bonchev–Trinajstić information content (AvgIpc) is 3.01. The molecule has 1 saturated heterocycles. The summed E-state index contributed by atoms with van der Waals surface area (Å²) in [6.45, 7) is 1.18. The number of hydrogen-bond acceptors (Lipinski definition) is 4. The molecule has 1 unspecified atom stereocenters. The summed E-state index contributed by atoms with van der Waals surface area (Å²) < 4.78 is 70.2. The van der Waals surface area contributed by atoms with Gasteiger partial charge < -0.3 is 9.30 Å². The molecule has 2 aromatic rings. The minimum absolute atomic E-state index is 0.159. The van der Waals surface area contributed by atoms with Gasteiger partial charge in [-0.2, -0.15) is 17.5 Å². The van der Waals surface area contributed by atoms with Crippen LogP contribution in [0.25, 0.3) is 11.4 Å². The van der Waals surface area contributed by atoms with E-state index >= 15 is 0 Å². The Morgan fingerprint density at radius 3 is 2.81 bits per heavy atom. The fraction of sp³-hybridized carbons (Fsp3) is 0.471. The molecule has 6 nitrogen and oxygen atoms in total. The minimum Gasteiger partial charge on any atom is -0.374 e. The lowest BCUT2D eigenvalue weighted by atomic mass is 10.1. The zero-order valence-corrected chi connectivity index (χ0v) is 15.5. The lowest BCUT2D eigenvalue weighted by Crippen LogP contribution is -2.46. The molecule has 0 radical (unpaired) electrons. The van der Waals surface area contributed by atoms with Crippen molar-refractivity contribution in [1.29, 1.82) is 0 Å². The van der Waals surface area contributed by atoms with Crippen LogP contribution >= 0.6 is 0 Å². The van der Waals surface area contributed by atoms with Crippen LogP contribution in [-0.4, -0.2) is 60.5 Å². The van der Waals surface area contributed by atoms with E-state index in [0.717, 1.165) is 6.26 Å². The van der Waals surface area contributed by atoms with E-state index in [-0.39, 0.29) is 18.2 Å². The highest BCUT2D eigenvalue weighted by atomic mass is 32.2. The van der Waals surface area contributed by atoms with Gasteiger partial charge in [-0.1, -0.05) is 18.2 Å². The van der Waals surface area contributed by atoms with E-state index in [0.29, 0.717) is 31.1 Å². The van der Waals surface area contributed by atoms with Gasteiger partial charge in [0.1, 0.15) is 5.82 Å². The molecule has 1 aromatic carbocycles. The molecule has 1 aliphatic rings. The first kappa shape index (κ1) is 19.8. The molecule has 27 heavy (non-hydrogen) atoms. The van der Waals surface area contributed by atoms with Crippen LogP contribution in [0, 0.1) is 0 Å².